The van der Waals surface area contributed by atoms with E-state index < -0.39 is 5.97 Å². The summed E-state index contributed by atoms with van der Waals surface area (Å²) >= 11 is 0. The van der Waals surface area contributed by atoms with Gasteiger partial charge in [-0.25, -0.2) is 4.79 Å². The molecule has 0 bridgehead atoms. The zero-order valence-corrected chi connectivity index (χ0v) is 8.61. The van der Waals surface area contributed by atoms with Gasteiger partial charge in [0.25, 0.3) is 0 Å². The highest BCUT2D eigenvalue weighted by molar-refractivity contribution is 5.79. The summed E-state index contributed by atoms with van der Waals surface area (Å²) in [7, 11) is 0. The largest absolute Gasteiger partial charge is 0.478 e. The number of rotatable bonds is 4. The minimum Gasteiger partial charge on any atom is -0.478 e. The number of carbonyl (C=O) groups is 1. The molecule has 0 aromatic heterocycles. The van der Waals surface area contributed by atoms with Crippen LogP contribution in [-0.4, -0.2) is 11.1 Å². The van der Waals surface area contributed by atoms with E-state index in [1.165, 1.54) is 38.2 Å². The molecule has 1 atom stereocenters. The van der Waals surface area contributed by atoms with Gasteiger partial charge in [0.1, 0.15) is 0 Å². The Morgan fingerprint density at radius 2 is 2.07 bits per heavy atom. The van der Waals surface area contributed by atoms with E-state index in [1.807, 2.05) is 0 Å². The second kappa shape index (κ2) is 5.84. The molecular weight excluding hydrogens is 176 g/mol. The van der Waals surface area contributed by atoms with Gasteiger partial charge < -0.3 is 5.11 Å². The molecule has 0 aromatic rings. The van der Waals surface area contributed by atoms with Crippen LogP contribution in [-0.2, 0) is 4.79 Å². The highest BCUT2D eigenvalue weighted by Crippen LogP contribution is 2.31. The van der Waals surface area contributed by atoms with Crippen molar-refractivity contribution < 1.29 is 9.90 Å². The van der Waals surface area contributed by atoms with Crippen LogP contribution in [0.1, 0.15) is 38.5 Å². The minimum absolute atomic E-state index is 0.394. The summed E-state index contributed by atoms with van der Waals surface area (Å²) in [6.07, 6.45) is 10.3. The van der Waals surface area contributed by atoms with Crippen molar-refractivity contribution in [2.45, 2.75) is 38.5 Å². The van der Waals surface area contributed by atoms with Crippen molar-refractivity contribution in [3.63, 3.8) is 0 Å². The predicted molar refractivity (Wildman–Crippen MR) is 56.8 cm³/mol. The van der Waals surface area contributed by atoms with Crippen LogP contribution in [0.15, 0.2) is 12.2 Å². The maximum atomic E-state index is 10.2. The molecule has 0 amide bonds. The summed E-state index contributed by atoms with van der Waals surface area (Å²) in [6.45, 7) is 4.11. The topological polar surface area (TPSA) is 37.3 Å². The zero-order valence-electron chi connectivity index (χ0n) is 8.61. The van der Waals surface area contributed by atoms with E-state index >= 15 is 0 Å². The lowest BCUT2D eigenvalue weighted by atomic mass is 9.79. The normalized spacial score (nSPS) is 21.2. The second-order valence-corrected chi connectivity index (χ2v) is 4.13. The van der Waals surface area contributed by atoms with Gasteiger partial charge in [-0.15, -0.1) is 0 Å². The molecule has 1 aliphatic carbocycles. The fourth-order valence-electron chi connectivity index (χ4n) is 2.14. The molecular formula is C12H19O2. The summed E-state index contributed by atoms with van der Waals surface area (Å²) in [6, 6.07) is 0. The quantitative estimate of drug-likeness (QED) is 0.700. The predicted octanol–water partition coefficient (Wildman–Crippen LogP) is 3.05. The van der Waals surface area contributed by atoms with Gasteiger partial charge in [0.05, 0.1) is 0 Å². The van der Waals surface area contributed by atoms with Crippen LogP contribution in [0.4, 0.5) is 0 Å². The van der Waals surface area contributed by atoms with Crippen molar-refractivity contribution in [2.24, 2.45) is 11.8 Å². The van der Waals surface area contributed by atoms with Gasteiger partial charge in [-0.3, -0.25) is 0 Å². The van der Waals surface area contributed by atoms with Gasteiger partial charge in [0.15, 0.2) is 0 Å². The minimum atomic E-state index is -0.860. The molecule has 0 aromatic carbocycles. The first-order chi connectivity index (χ1) is 6.70. The van der Waals surface area contributed by atoms with Crippen LogP contribution in [0, 0.1) is 18.8 Å². The summed E-state index contributed by atoms with van der Waals surface area (Å²) in [4.78, 5) is 10.2. The van der Waals surface area contributed by atoms with Crippen LogP contribution in [0.3, 0.4) is 0 Å². The number of aliphatic carboxylic acids is 1. The Hall–Kier alpha value is -0.790. The van der Waals surface area contributed by atoms with Crippen molar-refractivity contribution >= 4 is 5.97 Å². The van der Waals surface area contributed by atoms with Crippen LogP contribution >= 0.6 is 0 Å². The summed E-state index contributed by atoms with van der Waals surface area (Å²) < 4.78 is 0. The van der Waals surface area contributed by atoms with E-state index in [0.717, 1.165) is 6.42 Å². The number of carboxylic acids is 1. The fourth-order valence-corrected chi connectivity index (χ4v) is 2.14. The first-order valence-corrected chi connectivity index (χ1v) is 5.42. The Morgan fingerprint density at radius 1 is 1.43 bits per heavy atom. The molecule has 79 valence electrons. The Kier molecular flexibility index (Phi) is 4.71. The molecule has 0 saturated heterocycles. The average molecular weight is 195 g/mol. The molecule has 1 fully saturated rings. The average Bonchev–Trinajstić information content (AvgIpc) is 2.18. The monoisotopic (exact) mass is 195 g/mol. The Morgan fingerprint density at radius 3 is 2.64 bits per heavy atom. The van der Waals surface area contributed by atoms with Crippen molar-refractivity contribution in [2.75, 3.05) is 0 Å². The van der Waals surface area contributed by atoms with Crippen LogP contribution in [0.25, 0.3) is 0 Å². The lowest BCUT2D eigenvalue weighted by Crippen LogP contribution is -2.14. The number of allylic oxidation sites excluding steroid dienone is 1. The van der Waals surface area contributed by atoms with E-state index in [1.54, 1.807) is 6.08 Å². The third-order valence-corrected chi connectivity index (χ3v) is 3.02. The maximum absolute atomic E-state index is 10.2. The van der Waals surface area contributed by atoms with Gasteiger partial charge in [-0.2, -0.15) is 0 Å². The lowest BCUT2D eigenvalue weighted by Gasteiger charge is -2.26. The van der Waals surface area contributed by atoms with E-state index in [-0.39, 0.29) is 0 Å². The molecule has 1 rings (SSSR count). The molecule has 14 heavy (non-hydrogen) atoms. The van der Waals surface area contributed by atoms with E-state index in [0.29, 0.717) is 11.8 Å². The van der Waals surface area contributed by atoms with Crippen LogP contribution in [0.5, 0.6) is 0 Å². The SMILES string of the molecule is [CH2]C(C/C=C/C(=O)O)C1CCCCC1. The highest BCUT2D eigenvalue weighted by Gasteiger charge is 2.18. The third-order valence-electron chi connectivity index (χ3n) is 3.02. The van der Waals surface area contributed by atoms with Gasteiger partial charge in [-0.05, 0) is 25.2 Å². The first kappa shape index (κ1) is 11.3. The molecule has 1 radical (unpaired) electrons. The summed E-state index contributed by atoms with van der Waals surface area (Å²) in [5.41, 5.74) is 0. The number of hydrogen-bond acceptors (Lipinski definition) is 1. The molecule has 2 nitrogen and oxygen atoms in total. The standard InChI is InChI=1S/C12H19O2/c1-10(6-5-9-12(13)14)11-7-3-2-4-8-11/h5,9-11H,1-4,6-8H2,(H,13,14)/b9-5+. The van der Waals surface area contributed by atoms with E-state index in [2.05, 4.69) is 6.92 Å². The van der Waals surface area contributed by atoms with Crippen LogP contribution < -0.4 is 0 Å². The molecule has 0 heterocycles. The van der Waals surface area contributed by atoms with Crippen molar-refractivity contribution in [1.82, 2.24) is 0 Å². The van der Waals surface area contributed by atoms with Crippen molar-refractivity contribution in [3.8, 4) is 0 Å². The lowest BCUT2D eigenvalue weighted by molar-refractivity contribution is -0.131. The number of hydrogen-bond donors (Lipinski definition) is 1. The van der Waals surface area contributed by atoms with Crippen molar-refractivity contribution in [3.05, 3.63) is 19.1 Å². The van der Waals surface area contributed by atoms with Gasteiger partial charge >= 0.3 is 5.97 Å². The van der Waals surface area contributed by atoms with Crippen molar-refractivity contribution in [1.29, 1.82) is 0 Å². The maximum Gasteiger partial charge on any atom is 0.327 e. The molecule has 1 unspecified atom stereocenters. The second-order valence-electron chi connectivity index (χ2n) is 4.13. The third kappa shape index (κ3) is 3.95. The van der Waals surface area contributed by atoms with Gasteiger partial charge in [0.2, 0.25) is 0 Å². The Labute approximate surface area is 86.0 Å². The highest BCUT2D eigenvalue weighted by atomic mass is 16.4. The molecule has 0 spiro atoms. The van der Waals surface area contributed by atoms with Gasteiger partial charge in [-0.1, -0.05) is 38.2 Å². The molecule has 2 heteroatoms. The zero-order chi connectivity index (χ0) is 10.4. The first-order valence-electron chi connectivity index (χ1n) is 5.42. The van der Waals surface area contributed by atoms with E-state index in [4.69, 9.17) is 5.11 Å². The molecule has 0 aliphatic heterocycles. The Balaban J connectivity index is 2.25. The summed E-state index contributed by atoms with van der Waals surface area (Å²) in [5.74, 6) is 0.244. The fraction of sp³-hybridized carbons (Fsp3) is 0.667. The molecule has 1 saturated carbocycles. The number of carboxylic acid groups (broad SMARTS) is 1. The smallest absolute Gasteiger partial charge is 0.327 e. The van der Waals surface area contributed by atoms with Crippen LogP contribution in [0.2, 0.25) is 0 Å². The Bertz CT molecular complexity index is 202. The van der Waals surface area contributed by atoms with E-state index in [9.17, 15) is 4.79 Å². The summed E-state index contributed by atoms with van der Waals surface area (Å²) in [5, 5.41) is 8.43. The molecule has 1 N–H and O–H groups in total. The van der Waals surface area contributed by atoms with Gasteiger partial charge in [0, 0.05) is 6.08 Å². The molecule has 1 aliphatic rings.